The van der Waals surface area contributed by atoms with Gasteiger partial charge in [-0.05, 0) is 12.8 Å². The van der Waals surface area contributed by atoms with E-state index in [4.69, 9.17) is 4.74 Å². The summed E-state index contributed by atoms with van der Waals surface area (Å²) >= 11 is 0. The van der Waals surface area contributed by atoms with Crippen molar-refractivity contribution in [2.45, 2.75) is 25.4 Å². The molecule has 1 atom stereocenters. The summed E-state index contributed by atoms with van der Waals surface area (Å²) in [6.45, 7) is 3.41. The van der Waals surface area contributed by atoms with Crippen LogP contribution in [0.25, 0.3) is 0 Å². The molecule has 2 fully saturated rings. The van der Waals surface area contributed by atoms with E-state index in [9.17, 15) is 9.59 Å². The molecule has 0 aromatic rings. The average Bonchev–Trinajstić information content (AvgIpc) is 2.82. The highest BCUT2D eigenvalue weighted by molar-refractivity contribution is 5.77. The van der Waals surface area contributed by atoms with Gasteiger partial charge in [0.25, 0.3) is 0 Å². The molecule has 0 aliphatic carbocycles. The van der Waals surface area contributed by atoms with Gasteiger partial charge >= 0.3 is 0 Å². The first kappa shape index (κ1) is 11.4. The van der Waals surface area contributed by atoms with Crippen LogP contribution >= 0.6 is 0 Å². The number of ether oxygens (including phenoxy) is 1. The van der Waals surface area contributed by atoms with Crippen molar-refractivity contribution in [1.29, 1.82) is 0 Å². The fourth-order valence-corrected chi connectivity index (χ4v) is 2.21. The Morgan fingerprint density at radius 3 is 2.62 bits per heavy atom. The van der Waals surface area contributed by atoms with Crippen molar-refractivity contribution < 1.29 is 14.3 Å². The first-order valence-electron chi connectivity index (χ1n) is 5.88. The molecule has 2 aliphatic heterocycles. The lowest BCUT2D eigenvalue weighted by Gasteiger charge is -2.33. The van der Waals surface area contributed by atoms with Crippen molar-refractivity contribution >= 4 is 12.3 Å². The Morgan fingerprint density at radius 2 is 2.06 bits per heavy atom. The maximum Gasteiger partial charge on any atom is 0.225 e. The molecule has 0 bridgehead atoms. The first-order valence-corrected chi connectivity index (χ1v) is 5.88. The molecule has 0 N–H and O–H groups in total. The van der Waals surface area contributed by atoms with E-state index in [1.54, 1.807) is 4.90 Å². The minimum absolute atomic E-state index is 0.122. The smallest absolute Gasteiger partial charge is 0.225 e. The average molecular weight is 226 g/mol. The Morgan fingerprint density at radius 1 is 1.31 bits per heavy atom. The van der Waals surface area contributed by atoms with Crippen LogP contribution in [0.3, 0.4) is 0 Å². The lowest BCUT2D eigenvalue weighted by atomic mass is 10.1. The standard InChI is InChI=1S/C11H18N2O3/c14-9-12-3-5-13(6-4-12)11(15)8-10-2-1-7-16-10/h9-10H,1-8H2. The summed E-state index contributed by atoms with van der Waals surface area (Å²) in [5.74, 6) is 0.164. The highest BCUT2D eigenvalue weighted by Gasteiger charge is 2.24. The van der Waals surface area contributed by atoms with Crippen LogP contribution in [0.5, 0.6) is 0 Å². The summed E-state index contributed by atoms with van der Waals surface area (Å²) < 4.78 is 5.44. The van der Waals surface area contributed by atoms with Gasteiger partial charge in [0.1, 0.15) is 0 Å². The molecule has 0 aromatic heterocycles. The van der Waals surface area contributed by atoms with Crippen LogP contribution in [0.15, 0.2) is 0 Å². The molecule has 5 heteroatoms. The molecular weight excluding hydrogens is 208 g/mol. The highest BCUT2D eigenvalue weighted by Crippen LogP contribution is 2.16. The minimum atomic E-state index is 0.122. The van der Waals surface area contributed by atoms with E-state index in [0.717, 1.165) is 25.9 Å². The van der Waals surface area contributed by atoms with Crippen LogP contribution in [0, 0.1) is 0 Å². The Labute approximate surface area is 95.3 Å². The predicted octanol–water partition coefficient (Wildman–Crippen LogP) is -0.144. The summed E-state index contributed by atoms with van der Waals surface area (Å²) in [5, 5.41) is 0. The molecular formula is C11H18N2O3. The van der Waals surface area contributed by atoms with Crippen molar-refractivity contribution in [2.24, 2.45) is 0 Å². The van der Waals surface area contributed by atoms with E-state index < -0.39 is 0 Å². The second-order valence-electron chi connectivity index (χ2n) is 4.36. The predicted molar refractivity (Wildman–Crippen MR) is 57.8 cm³/mol. The molecule has 2 saturated heterocycles. The molecule has 2 aliphatic rings. The summed E-state index contributed by atoms with van der Waals surface area (Å²) in [6.07, 6.45) is 3.54. The number of carbonyl (C=O) groups is 2. The minimum Gasteiger partial charge on any atom is -0.378 e. The summed E-state index contributed by atoms with van der Waals surface area (Å²) in [7, 11) is 0. The van der Waals surface area contributed by atoms with Gasteiger partial charge in [0.05, 0.1) is 12.5 Å². The molecule has 0 saturated carbocycles. The third kappa shape index (κ3) is 2.72. The van der Waals surface area contributed by atoms with Gasteiger partial charge in [-0.2, -0.15) is 0 Å². The second-order valence-corrected chi connectivity index (χ2v) is 4.36. The fourth-order valence-electron chi connectivity index (χ4n) is 2.21. The molecule has 90 valence electrons. The zero-order valence-corrected chi connectivity index (χ0v) is 9.43. The third-order valence-corrected chi connectivity index (χ3v) is 3.24. The maximum absolute atomic E-state index is 11.9. The summed E-state index contributed by atoms with van der Waals surface area (Å²) in [4.78, 5) is 25.9. The van der Waals surface area contributed by atoms with Crippen LogP contribution < -0.4 is 0 Å². The van der Waals surface area contributed by atoms with E-state index in [-0.39, 0.29) is 12.0 Å². The Hall–Kier alpha value is -1.10. The number of hydrogen-bond acceptors (Lipinski definition) is 3. The number of rotatable bonds is 3. The molecule has 2 heterocycles. The maximum atomic E-state index is 11.9. The molecule has 2 amide bonds. The van der Waals surface area contributed by atoms with E-state index in [1.165, 1.54) is 0 Å². The van der Waals surface area contributed by atoms with E-state index >= 15 is 0 Å². The number of hydrogen-bond donors (Lipinski definition) is 0. The van der Waals surface area contributed by atoms with Crippen molar-refractivity contribution in [3.05, 3.63) is 0 Å². The Balaban J connectivity index is 1.75. The zero-order chi connectivity index (χ0) is 11.4. The molecule has 0 radical (unpaired) electrons. The van der Waals surface area contributed by atoms with Crippen LogP contribution in [0.1, 0.15) is 19.3 Å². The van der Waals surface area contributed by atoms with E-state index in [2.05, 4.69) is 0 Å². The molecule has 2 rings (SSSR count). The van der Waals surface area contributed by atoms with Crippen molar-refractivity contribution in [2.75, 3.05) is 32.8 Å². The van der Waals surface area contributed by atoms with Gasteiger partial charge in [0, 0.05) is 32.8 Å². The van der Waals surface area contributed by atoms with Crippen LogP contribution in [0.2, 0.25) is 0 Å². The molecule has 1 unspecified atom stereocenters. The van der Waals surface area contributed by atoms with Crippen LogP contribution in [-0.2, 0) is 14.3 Å². The molecule has 0 spiro atoms. The van der Waals surface area contributed by atoms with E-state index in [1.807, 2.05) is 4.90 Å². The fraction of sp³-hybridized carbons (Fsp3) is 0.818. The van der Waals surface area contributed by atoms with Gasteiger partial charge in [-0.25, -0.2) is 0 Å². The van der Waals surface area contributed by atoms with Gasteiger partial charge in [-0.3, -0.25) is 9.59 Å². The third-order valence-electron chi connectivity index (χ3n) is 3.24. The Bertz CT molecular complexity index is 256. The number of amides is 2. The number of nitrogens with zero attached hydrogens (tertiary/aromatic N) is 2. The summed E-state index contributed by atoms with van der Waals surface area (Å²) in [5.41, 5.74) is 0. The van der Waals surface area contributed by atoms with Gasteiger partial charge in [-0.1, -0.05) is 0 Å². The Kier molecular flexibility index (Phi) is 3.77. The second kappa shape index (κ2) is 5.30. The SMILES string of the molecule is O=CN1CCN(C(=O)CC2CCCO2)CC1. The highest BCUT2D eigenvalue weighted by atomic mass is 16.5. The number of carbonyl (C=O) groups excluding carboxylic acids is 2. The van der Waals surface area contributed by atoms with Crippen LogP contribution in [0.4, 0.5) is 0 Å². The van der Waals surface area contributed by atoms with Gasteiger partial charge < -0.3 is 14.5 Å². The van der Waals surface area contributed by atoms with Crippen molar-refractivity contribution in [3.8, 4) is 0 Å². The van der Waals surface area contributed by atoms with Crippen molar-refractivity contribution in [1.82, 2.24) is 9.80 Å². The summed E-state index contributed by atoms with van der Waals surface area (Å²) in [6, 6.07) is 0. The largest absolute Gasteiger partial charge is 0.378 e. The topological polar surface area (TPSA) is 49.9 Å². The quantitative estimate of drug-likeness (QED) is 0.629. The zero-order valence-electron chi connectivity index (χ0n) is 9.43. The molecule has 5 nitrogen and oxygen atoms in total. The lowest BCUT2D eigenvalue weighted by Crippen LogP contribution is -2.48. The monoisotopic (exact) mass is 226 g/mol. The van der Waals surface area contributed by atoms with Crippen LogP contribution in [-0.4, -0.2) is 61.0 Å². The number of piperazine rings is 1. The lowest BCUT2D eigenvalue weighted by molar-refractivity contribution is -0.137. The van der Waals surface area contributed by atoms with Gasteiger partial charge in [0.2, 0.25) is 12.3 Å². The molecule has 16 heavy (non-hydrogen) atoms. The van der Waals surface area contributed by atoms with E-state index in [0.29, 0.717) is 32.6 Å². The molecule has 0 aromatic carbocycles. The normalized spacial score (nSPS) is 25.9. The first-order chi connectivity index (χ1) is 7.79. The van der Waals surface area contributed by atoms with Gasteiger partial charge in [-0.15, -0.1) is 0 Å². The van der Waals surface area contributed by atoms with Gasteiger partial charge in [0.15, 0.2) is 0 Å². The van der Waals surface area contributed by atoms with Crippen molar-refractivity contribution in [3.63, 3.8) is 0 Å².